The fourth-order valence-electron chi connectivity index (χ4n) is 2.96. The number of hydrogen-bond acceptors (Lipinski definition) is 3. The van der Waals surface area contributed by atoms with Crippen LogP contribution < -0.4 is 14.8 Å². The normalized spacial score (nSPS) is 12.6. The van der Waals surface area contributed by atoms with Crippen molar-refractivity contribution in [2.45, 2.75) is 20.0 Å². The summed E-state index contributed by atoms with van der Waals surface area (Å²) in [7, 11) is 0. The van der Waals surface area contributed by atoms with Crippen molar-refractivity contribution in [1.82, 2.24) is 0 Å². The number of rotatable bonds is 5. The first-order valence-electron chi connectivity index (χ1n) is 8.25. The third-order valence-electron chi connectivity index (χ3n) is 4.36. The Morgan fingerprint density at radius 3 is 2.80 bits per heavy atom. The molecular weight excluding hydrogens is 338 g/mol. The van der Waals surface area contributed by atoms with E-state index in [0.717, 1.165) is 52.3 Å². The maximum Gasteiger partial charge on any atom is 0.231 e. The van der Waals surface area contributed by atoms with Gasteiger partial charge in [-0.15, -0.1) is 0 Å². The zero-order valence-corrected chi connectivity index (χ0v) is 14.7. The molecule has 0 unspecified atom stereocenters. The number of hydrogen-bond donors (Lipinski definition) is 1. The zero-order chi connectivity index (χ0) is 17.2. The molecule has 3 aromatic rings. The third-order valence-corrected chi connectivity index (χ3v) is 4.77. The van der Waals surface area contributed by atoms with Gasteiger partial charge in [-0.1, -0.05) is 23.7 Å². The van der Waals surface area contributed by atoms with E-state index in [1.54, 1.807) is 0 Å². The SMILES string of the molecule is Cc1c(Cl)cccc1-c1ccc(C[NH2+]Cc2ccc3c(c2)OCO3)o1. The number of nitrogens with two attached hydrogens (primary N) is 1. The van der Waals surface area contributed by atoms with Crippen LogP contribution in [0.2, 0.25) is 5.02 Å². The van der Waals surface area contributed by atoms with Gasteiger partial charge in [0.2, 0.25) is 6.79 Å². The van der Waals surface area contributed by atoms with E-state index in [-0.39, 0.29) is 0 Å². The number of halogens is 1. The third kappa shape index (κ3) is 3.36. The minimum absolute atomic E-state index is 0.306. The smallest absolute Gasteiger partial charge is 0.231 e. The van der Waals surface area contributed by atoms with Crippen LogP contribution in [0.5, 0.6) is 11.5 Å². The Labute approximate surface area is 151 Å². The van der Waals surface area contributed by atoms with Crippen LogP contribution >= 0.6 is 11.6 Å². The Balaban J connectivity index is 1.39. The Morgan fingerprint density at radius 1 is 1.00 bits per heavy atom. The molecule has 0 spiro atoms. The van der Waals surface area contributed by atoms with E-state index in [0.29, 0.717) is 6.79 Å². The van der Waals surface area contributed by atoms with Crippen LogP contribution in [-0.4, -0.2) is 6.79 Å². The van der Waals surface area contributed by atoms with Gasteiger partial charge in [-0.2, -0.15) is 0 Å². The summed E-state index contributed by atoms with van der Waals surface area (Å²) in [5, 5.41) is 2.95. The highest BCUT2D eigenvalue weighted by Crippen LogP contribution is 2.32. The number of furan rings is 1. The largest absolute Gasteiger partial charge is 0.455 e. The van der Waals surface area contributed by atoms with Crippen LogP contribution in [-0.2, 0) is 13.1 Å². The van der Waals surface area contributed by atoms with Gasteiger partial charge in [0.1, 0.15) is 18.8 Å². The summed E-state index contributed by atoms with van der Waals surface area (Å²) in [6.07, 6.45) is 0. The van der Waals surface area contributed by atoms with Crippen LogP contribution in [0, 0.1) is 6.92 Å². The van der Waals surface area contributed by atoms with Crippen LogP contribution in [0.4, 0.5) is 0 Å². The maximum absolute atomic E-state index is 6.20. The second kappa shape index (κ2) is 6.82. The van der Waals surface area contributed by atoms with Crippen molar-refractivity contribution in [1.29, 1.82) is 0 Å². The molecule has 4 nitrogen and oxygen atoms in total. The van der Waals surface area contributed by atoms with Crippen LogP contribution in [0.3, 0.4) is 0 Å². The first-order valence-corrected chi connectivity index (χ1v) is 8.63. The lowest BCUT2D eigenvalue weighted by Gasteiger charge is -2.04. The van der Waals surface area contributed by atoms with Crippen molar-refractivity contribution in [3.8, 4) is 22.8 Å². The van der Waals surface area contributed by atoms with Crippen molar-refractivity contribution in [2.75, 3.05) is 6.79 Å². The number of benzene rings is 2. The van der Waals surface area contributed by atoms with Gasteiger partial charge in [0.05, 0.1) is 0 Å². The Morgan fingerprint density at radius 2 is 1.88 bits per heavy atom. The molecule has 2 aromatic carbocycles. The molecule has 0 bridgehead atoms. The van der Waals surface area contributed by atoms with Gasteiger partial charge in [-0.3, -0.25) is 0 Å². The molecule has 2 heterocycles. The fourth-order valence-corrected chi connectivity index (χ4v) is 3.13. The Hall–Kier alpha value is -2.43. The molecule has 1 aliphatic rings. The van der Waals surface area contributed by atoms with Crippen molar-refractivity contribution in [3.05, 3.63) is 70.4 Å². The topological polar surface area (TPSA) is 48.2 Å². The maximum atomic E-state index is 6.20. The van der Waals surface area contributed by atoms with Crippen LogP contribution in [0.1, 0.15) is 16.9 Å². The molecule has 5 heteroatoms. The van der Waals surface area contributed by atoms with E-state index in [4.69, 9.17) is 25.5 Å². The highest BCUT2D eigenvalue weighted by atomic mass is 35.5. The fraction of sp³-hybridized carbons (Fsp3) is 0.200. The van der Waals surface area contributed by atoms with E-state index in [2.05, 4.69) is 11.4 Å². The minimum atomic E-state index is 0.306. The molecule has 2 N–H and O–H groups in total. The van der Waals surface area contributed by atoms with E-state index >= 15 is 0 Å². The predicted octanol–water partition coefficient (Wildman–Crippen LogP) is 3.90. The van der Waals surface area contributed by atoms with E-state index in [9.17, 15) is 0 Å². The minimum Gasteiger partial charge on any atom is -0.455 e. The lowest BCUT2D eigenvalue weighted by atomic mass is 10.1. The summed E-state index contributed by atoms with van der Waals surface area (Å²) in [5.74, 6) is 3.43. The van der Waals surface area contributed by atoms with Crippen LogP contribution in [0.25, 0.3) is 11.3 Å². The number of ether oxygens (including phenoxy) is 2. The number of fused-ring (bicyclic) bond motifs is 1. The summed E-state index contributed by atoms with van der Waals surface area (Å²) in [5.41, 5.74) is 3.27. The molecule has 4 rings (SSSR count). The molecule has 128 valence electrons. The van der Waals surface area contributed by atoms with Gasteiger partial charge in [0, 0.05) is 16.1 Å². The summed E-state index contributed by atoms with van der Waals surface area (Å²) < 4.78 is 16.7. The average Bonchev–Trinajstić information content (AvgIpc) is 3.26. The Bertz CT molecular complexity index is 904. The molecule has 1 aromatic heterocycles. The second-order valence-electron chi connectivity index (χ2n) is 6.06. The summed E-state index contributed by atoms with van der Waals surface area (Å²) in [6.45, 7) is 3.93. The predicted molar refractivity (Wildman–Crippen MR) is 95.8 cm³/mol. The van der Waals surface area contributed by atoms with Gasteiger partial charge in [0.15, 0.2) is 17.3 Å². The summed E-state index contributed by atoms with van der Waals surface area (Å²) in [6, 6.07) is 15.9. The lowest BCUT2D eigenvalue weighted by molar-refractivity contribution is -0.687. The molecule has 25 heavy (non-hydrogen) atoms. The second-order valence-corrected chi connectivity index (χ2v) is 6.47. The van der Waals surface area contributed by atoms with E-state index in [1.807, 2.05) is 49.4 Å². The monoisotopic (exact) mass is 356 g/mol. The molecule has 1 aliphatic heterocycles. The average molecular weight is 357 g/mol. The highest BCUT2D eigenvalue weighted by Gasteiger charge is 2.14. The number of quaternary nitrogens is 1. The molecular formula is C20H19ClNO3+. The summed E-state index contributed by atoms with van der Waals surface area (Å²) in [4.78, 5) is 0. The molecule has 0 saturated carbocycles. The molecule has 0 radical (unpaired) electrons. The van der Waals surface area contributed by atoms with Crippen molar-refractivity contribution in [3.63, 3.8) is 0 Å². The molecule has 0 amide bonds. The molecule has 0 atom stereocenters. The summed E-state index contributed by atoms with van der Waals surface area (Å²) >= 11 is 6.20. The highest BCUT2D eigenvalue weighted by molar-refractivity contribution is 6.31. The quantitative estimate of drug-likeness (QED) is 0.754. The molecule has 0 aliphatic carbocycles. The first kappa shape index (κ1) is 16.1. The van der Waals surface area contributed by atoms with Crippen molar-refractivity contribution in [2.24, 2.45) is 0 Å². The first-order chi connectivity index (χ1) is 12.2. The lowest BCUT2D eigenvalue weighted by Crippen LogP contribution is -2.80. The van der Waals surface area contributed by atoms with Crippen molar-refractivity contribution < 1.29 is 19.2 Å². The van der Waals surface area contributed by atoms with Crippen LogP contribution in [0.15, 0.2) is 52.9 Å². The Kier molecular flexibility index (Phi) is 4.38. The van der Waals surface area contributed by atoms with E-state index < -0.39 is 0 Å². The van der Waals surface area contributed by atoms with Gasteiger partial charge >= 0.3 is 0 Å². The van der Waals surface area contributed by atoms with Gasteiger partial charge in [-0.25, -0.2) is 0 Å². The van der Waals surface area contributed by atoms with Crippen molar-refractivity contribution >= 4 is 11.6 Å². The van der Waals surface area contributed by atoms with E-state index in [1.165, 1.54) is 5.56 Å². The molecule has 0 fully saturated rings. The van der Waals surface area contributed by atoms with Gasteiger partial charge < -0.3 is 19.2 Å². The van der Waals surface area contributed by atoms with Gasteiger partial charge in [-0.05, 0) is 48.9 Å². The standard InChI is InChI=1S/C20H18ClNO3/c1-13-16(3-2-4-17(13)21)18-8-6-15(25-18)11-22-10-14-5-7-19-20(9-14)24-12-23-19/h2-9,22H,10-12H2,1H3/p+1. The molecule has 0 saturated heterocycles. The zero-order valence-electron chi connectivity index (χ0n) is 13.9. The van der Waals surface area contributed by atoms with Gasteiger partial charge in [0.25, 0.3) is 0 Å².